The van der Waals surface area contributed by atoms with Crippen LogP contribution in [0.3, 0.4) is 0 Å². The van der Waals surface area contributed by atoms with E-state index in [4.69, 9.17) is 5.11 Å². The third-order valence-electron chi connectivity index (χ3n) is 2.26. The molecule has 1 heterocycles. The highest BCUT2D eigenvalue weighted by Crippen LogP contribution is 2.09. The Kier molecular flexibility index (Phi) is 4.62. The Balaban J connectivity index is 2.56. The standard InChI is InChI=1S/C11H16N2O3S/c1-6(2)10(11(15)16)13-9(14)4-8-5-17-7(3)12-8/h5-6,10H,4H2,1-3H3,(H,13,14)(H,15,16)/t10-/m1/s1. The predicted octanol–water partition coefficient (Wildman–Crippen LogP) is 1.22. The Morgan fingerprint density at radius 3 is 2.59 bits per heavy atom. The number of aliphatic carboxylic acids is 1. The number of carbonyl (C=O) groups is 2. The van der Waals surface area contributed by atoms with Crippen molar-refractivity contribution in [2.45, 2.75) is 33.2 Å². The molecule has 0 spiro atoms. The molecule has 0 radical (unpaired) electrons. The molecule has 0 unspecified atom stereocenters. The first-order valence-electron chi connectivity index (χ1n) is 5.33. The van der Waals surface area contributed by atoms with Gasteiger partial charge in [0.05, 0.1) is 17.1 Å². The molecule has 94 valence electrons. The first kappa shape index (κ1) is 13.6. The summed E-state index contributed by atoms with van der Waals surface area (Å²) in [5.74, 6) is -1.46. The Bertz CT molecular complexity index is 415. The molecule has 1 aromatic heterocycles. The van der Waals surface area contributed by atoms with E-state index >= 15 is 0 Å². The number of nitrogens with one attached hydrogen (secondary N) is 1. The zero-order chi connectivity index (χ0) is 13.0. The average molecular weight is 256 g/mol. The monoisotopic (exact) mass is 256 g/mol. The van der Waals surface area contributed by atoms with Crippen LogP contribution >= 0.6 is 11.3 Å². The summed E-state index contributed by atoms with van der Waals surface area (Å²) in [6.45, 7) is 5.37. The summed E-state index contributed by atoms with van der Waals surface area (Å²) in [6, 6.07) is -0.845. The van der Waals surface area contributed by atoms with Crippen LogP contribution in [0.5, 0.6) is 0 Å². The van der Waals surface area contributed by atoms with Gasteiger partial charge < -0.3 is 10.4 Å². The topological polar surface area (TPSA) is 79.3 Å². The lowest BCUT2D eigenvalue weighted by Crippen LogP contribution is -2.44. The van der Waals surface area contributed by atoms with Crippen LogP contribution in [0.25, 0.3) is 0 Å². The summed E-state index contributed by atoms with van der Waals surface area (Å²) in [5, 5.41) is 14.1. The van der Waals surface area contributed by atoms with Gasteiger partial charge in [-0.15, -0.1) is 11.3 Å². The van der Waals surface area contributed by atoms with E-state index in [-0.39, 0.29) is 18.2 Å². The lowest BCUT2D eigenvalue weighted by Gasteiger charge is -2.17. The van der Waals surface area contributed by atoms with Crippen LogP contribution in [0.15, 0.2) is 5.38 Å². The van der Waals surface area contributed by atoms with E-state index in [0.29, 0.717) is 5.69 Å². The highest BCUT2D eigenvalue weighted by atomic mass is 32.1. The molecule has 0 aromatic carbocycles. The van der Waals surface area contributed by atoms with Crippen molar-refractivity contribution in [3.05, 3.63) is 16.1 Å². The predicted molar refractivity (Wildman–Crippen MR) is 65.0 cm³/mol. The number of aromatic nitrogens is 1. The molecule has 5 nitrogen and oxygen atoms in total. The minimum atomic E-state index is -1.01. The molecule has 1 aromatic rings. The van der Waals surface area contributed by atoms with Gasteiger partial charge >= 0.3 is 5.97 Å². The third-order valence-corrected chi connectivity index (χ3v) is 3.08. The van der Waals surface area contributed by atoms with Crippen molar-refractivity contribution >= 4 is 23.2 Å². The van der Waals surface area contributed by atoms with Crippen molar-refractivity contribution in [1.82, 2.24) is 10.3 Å². The maximum absolute atomic E-state index is 11.6. The maximum atomic E-state index is 11.6. The molecule has 6 heteroatoms. The molecule has 0 saturated carbocycles. The van der Waals surface area contributed by atoms with Crippen molar-refractivity contribution in [1.29, 1.82) is 0 Å². The van der Waals surface area contributed by atoms with Crippen molar-refractivity contribution in [3.63, 3.8) is 0 Å². The first-order chi connectivity index (χ1) is 7.90. The number of hydrogen-bond donors (Lipinski definition) is 2. The van der Waals surface area contributed by atoms with E-state index in [1.54, 1.807) is 19.2 Å². The number of carboxylic acid groups (broad SMARTS) is 1. The number of hydrogen-bond acceptors (Lipinski definition) is 4. The zero-order valence-electron chi connectivity index (χ0n) is 10.1. The number of carboxylic acids is 1. The van der Waals surface area contributed by atoms with Crippen LogP contribution in [-0.2, 0) is 16.0 Å². The van der Waals surface area contributed by atoms with Gasteiger partial charge in [0.15, 0.2) is 0 Å². The van der Waals surface area contributed by atoms with Crippen molar-refractivity contribution < 1.29 is 14.7 Å². The van der Waals surface area contributed by atoms with Gasteiger partial charge in [0.1, 0.15) is 6.04 Å². The van der Waals surface area contributed by atoms with E-state index in [0.717, 1.165) is 5.01 Å². The van der Waals surface area contributed by atoms with Gasteiger partial charge in [-0.2, -0.15) is 0 Å². The van der Waals surface area contributed by atoms with E-state index in [1.165, 1.54) is 11.3 Å². The Labute approximate surface area is 104 Å². The molecule has 0 aliphatic heterocycles. The van der Waals surface area contributed by atoms with E-state index in [2.05, 4.69) is 10.3 Å². The summed E-state index contributed by atoms with van der Waals surface area (Å²) < 4.78 is 0. The smallest absolute Gasteiger partial charge is 0.326 e. The fourth-order valence-electron chi connectivity index (χ4n) is 1.39. The van der Waals surface area contributed by atoms with Gasteiger partial charge in [0.2, 0.25) is 5.91 Å². The number of aryl methyl sites for hydroxylation is 1. The molecule has 0 fully saturated rings. The molecule has 17 heavy (non-hydrogen) atoms. The number of amides is 1. The molecule has 0 aliphatic carbocycles. The molecule has 1 atom stereocenters. The number of carbonyl (C=O) groups excluding carboxylic acids is 1. The molecule has 1 rings (SSSR count). The molecule has 0 aliphatic rings. The first-order valence-corrected chi connectivity index (χ1v) is 6.21. The second-order valence-corrected chi connectivity index (χ2v) is 5.22. The Hall–Kier alpha value is -1.43. The normalized spacial score (nSPS) is 12.5. The summed E-state index contributed by atoms with van der Waals surface area (Å²) in [7, 11) is 0. The highest BCUT2D eigenvalue weighted by Gasteiger charge is 2.23. The molecule has 0 bridgehead atoms. The van der Waals surface area contributed by atoms with E-state index in [1.807, 2.05) is 6.92 Å². The van der Waals surface area contributed by atoms with Gasteiger partial charge in [-0.3, -0.25) is 4.79 Å². The van der Waals surface area contributed by atoms with E-state index < -0.39 is 12.0 Å². The van der Waals surface area contributed by atoms with Crippen LogP contribution in [0.2, 0.25) is 0 Å². The minimum absolute atomic E-state index is 0.126. The molecule has 2 N–H and O–H groups in total. The number of rotatable bonds is 5. The van der Waals surface area contributed by atoms with Crippen LogP contribution < -0.4 is 5.32 Å². The van der Waals surface area contributed by atoms with Gasteiger partial charge in [-0.25, -0.2) is 9.78 Å². The van der Waals surface area contributed by atoms with Crippen LogP contribution in [0.1, 0.15) is 24.5 Å². The lowest BCUT2D eigenvalue weighted by atomic mass is 10.0. The van der Waals surface area contributed by atoms with Gasteiger partial charge in [-0.05, 0) is 12.8 Å². The lowest BCUT2D eigenvalue weighted by molar-refractivity contribution is -0.143. The largest absolute Gasteiger partial charge is 0.480 e. The Morgan fingerprint density at radius 2 is 2.18 bits per heavy atom. The molecule has 1 amide bonds. The second kappa shape index (κ2) is 5.77. The number of thiazole rings is 1. The van der Waals surface area contributed by atoms with Crippen LogP contribution in [0.4, 0.5) is 0 Å². The average Bonchev–Trinajstić information content (AvgIpc) is 2.59. The fraction of sp³-hybridized carbons (Fsp3) is 0.545. The third kappa shape index (κ3) is 4.14. The van der Waals surface area contributed by atoms with Crippen LogP contribution in [-0.4, -0.2) is 28.0 Å². The van der Waals surface area contributed by atoms with Crippen molar-refractivity contribution in [2.24, 2.45) is 5.92 Å². The van der Waals surface area contributed by atoms with Gasteiger partial charge in [0.25, 0.3) is 0 Å². The minimum Gasteiger partial charge on any atom is -0.480 e. The van der Waals surface area contributed by atoms with Crippen LogP contribution in [0, 0.1) is 12.8 Å². The van der Waals surface area contributed by atoms with Gasteiger partial charge in [0, 0.05) is 5.38 Å². The van der Waals surface area contributed by atoms with Crippen molar-refractivity contribution in [3.8, 4) is 0 Å². The summed E-state index contributed by atoms with van der Waals surface area (Å²) in [4.78, 5) is 26.7. The van der Waals surface area contributed by atoms with E-state index in [9.17, 15) is 9.59 Å². The maximum Gasteiger partial charge on any atom is 0.326 e. The molecular formula is C11H16N2O3S. The quantitative estimate of drug-likeness (QED) is 0.830. The zero-order valence-corrected chi connectivity index (χ0v) is 10.9. The second-order valence-electron chi connectivity index (χ2n) is 4.16. The SMILES string of the molecule is Cc1nc(CC(=O)N[C@@H](C(=O)O)C(C)C)cs1. The molecular weight excluding hydrogens is 240 g/mol. The Morgan fingerprint density at radius 1 is 1.53 bits per heavy atom. The van der Waals surface area contributed by atoms with Gasteiger partial charge in [-0.1, -0.05) is 13.8 Å². The highest BCUT2D eigenvalue weighted by molar-refractivity contribution is 7.09. The summed E-state index contributed by atoms with van der Waals surface area (Å²) in [6.07, 6.45) is 0.126. The summed E-state index contributed by atoms with van der Waals surface area (Å²) in [5.41, 5.74) is 0.679. The number of nitrogens with zero attached hydrogens (tertiary/aromatic N) is 1. The fourth-order valence-corrected chi connectivity index (χ4v) is 2.00. The summed E-state index contributed by atoms with van der Waals surface area (Å²) >= 11 is 1.47. The molecule has 0 saturated heterocycles. The van der Waals surface area contributed by atoms with Crippen molar-refractivity contribution in [2.75, 3.05) is 0 Å².